The molecule has 0 saturated heterocycles. The van der Waals surface area contributed by atoms with Crippen LogP contribution in [0.25, 0.3) is 44.5 Å². The molecule has 4 aliphatic heterocycles. The van der Waals surface area contributed by atoms with Crippen LogP contribution in [0.1, 0.15) is 111 Å². The second kappa shape index (κ2) is 22.3. The van der Waals surface area contributed by atoms with Crippen LogP contribution in [0.3, 0.4) is 0 Å². The van der Waals surface area contributed by atoms with Gasteiger partial charge in [0, 0.05) is 55.5 Å². The fourth-order valence-corrected chi connectivity index (χ4v) is 17.0. The molecule has 0 aliphatic carbocycles. The maximum absolute atomic E-state index is 12.2. The summed E-state index contributed by atoms with van der Waals surface area (Å²) in [6.45, 7) is 18.5. The van der Waals surface area contributed by atoms with Gasteiger partial charge in [-0.3, -0.25) is 0 Å². The standard InChI is InChI=1S/C92H72N6/c1-89(2)69-25-9-17-33-77(69)95(78-34-18-10-26-70(78)89)63-49-41-59(42-50-63)85-67(57-93)68(58-94)86(60-43-51-64(52-44-60)96-79-35-19-11-27-71(79)90(3,4)72-28-12-20-36-80(72)96)88(62-47-55-66(56-48-62)98-83-39-23-15-31-75(83)92(7,8)76-32-16-24-40-84(76)98)87(85)61-45-53-65(54-46-61)97-81-37-21-13-29-73(81)91(5,6)74-30-14-22-38-82(74)97/h9-56H,1-8H3. The summed E-state index contributed by atoms with van der Waals surface area (Å²) in [5.74, 6) is 0. The van der Waals surface area contributed by atoms with Gasteiger partial charge in [-0.15, -0.1) is 0 Å². The molecule has 0 spiro atoms. The molecule has 13 aromatic carbocycles. The molecule has 6 nitrogen and oxygen atoms in total. The smallest absolute Gasteiger partial charge is 0.101 e. The summed E-state index contributed by atoms with van der Waals surface area (Å²) < 4.78 is 0. The number of rotatable bonds is 8. The van der Waals surface area contributed by atoms with Crippen LogP contribution in [0.15, 0.2) is 291 Å². The molecule has 470 valence electrons. The Kier molecular flexibility index (Phi) is 13.6. The highest BCUT2D eigenvalue weighted by molar-refractivity contribution is 6.07. The largest absolute Gasteiger partial charge is 0.310 e. The predicted molar refractivity (Wildman–Crippen MR) is 405 cm³/mol. The maximum atomic E-state index is 12.2. The molecule has 0 atom stereocenters. The van der Waals surface area contributed by atoms with Crippen molar-refractivity contribution in [1.29, 1.82) is 10.5 Å². The van der Waals surface area contributed by atoms with Crippen LogP contribution in [0.5, 0.6) is 0 Å². The van der Waals surface area contributed by atoms with E-state index >= 15 is 0 Å². The zero-order valence-corrected chi connectivity index (χ0v) is 56.4. The second-order valence-electron chi connectivity index (χ2n) is 28.6. The van der Waals surface area contributed by atoms with E-state index in [9.17, 15) is 10.5 Å². The fraction of sp³-hybridized carbons (Fsp3) is 0.130. The Morgan fingerprint density at radius 2 is 0.357 bits per heavy atom. The van der Waals surface area contributed by atoms with Crippen molar-refractivity contribution in [2.45, 2.75) is 77.0 Å². The van der Waals surface area contributed by atoms with Crippen molar-refractivity contribution in [2.24, 2.45) is 0 Å². The first-order valence-corrected chi connectivity index (χ1v) is 34.0. The van der Waals surface area contributed by atoms with Crippen LogP contribution in [0.2, 0.25) is 0 Å². The van der Waals surface area contributed by atoms with Gasteiger partial charge in [0.25, 0.3) is 0 Å². The molecule has 0 bridgehead atoms. The number of nitriles is 2. The number of anilines is 12. The molecule has 0 unspecified atom stereocenters. The van der Waals surface area contributed by atoms with E-state index in [1.54, 1.807) is 0 Å². The van der Waals surface area contributed by atoms with Crippen molar-refractivity contribution in [2.75, 3.05) is 19.6 Å². The molecule has 6 heteroatoms. The number of para-hydroxylation sites is 8. The highest BCUT2D eigenvalue weighted by Gasteiger charge is 2.41. The zero-order valence-electron chi connectivity index (χ0n) is 56.4. The molecule has 13 aromatic rings. The van der Waals surface area contributed by atoms with E-state index in [0.29, 0.717) is 22.3 Å². The normalized spacial score (nSPS) is 15.2. The summed E-state index contributed by atoms with van der Waals surface area (Å²) >= 11 is 0. The van der Waals surface area contributed by atoms with Gasteiger partial charge < -0.3 is 19.6 Å². The lowest BCUT2D eigenvalue weighted by Gasteiger charge is -2.42. The summed E-state index contributed by atoms with van der Waals surface area (Å²) in [7, 11) is 0. The molecular formula is C92H72N6. The molecule has 0 fully saturated rings. The average molecular weight is 1260 g/mol. The third-order valence-corrected chi connectivity index (χ3v) is 21.9. The van der Waals surface area contributed by atoms with Crippen molar-refractivity contribution < 1.29 is 0 Å². The molecule has 4 aliphatic rings. The number of benzene rings is 13. The van der Waals surface area contributed by atoms with E-state index in [1.165, 1.54) is 44.5 Å². The summed E-state index contributed by atoms with van der Waals surface area (Å²) in [6.07, 6.45) is 0. The third-order valence-electron chi connectivity index (χ3n) is 21.9. The van der Waals surface area contributed by atoms with Gasteiger partial charge in [0.15, 0.2) is 0 Å². The number of hydrogen-bond acceptors (Lipinski definition) is 6. The van der Waals surface area contributed by atoms with Crippen LogP contribution in [0.4, 0.5) is 68.2 Å². The van der Waals surface area contributed by atoms with E-state index < -0.39 is 0 Å². The Balaban J connectivity index is 0.918. The van der Waals surface area contributed by atoms with Crippen LogP contribution < -0.4 is 19.6 Å². The van der Waals surface area contributed by atoms with Gasteiger partial charge in [0.1, 0.15) is 12.1 Å². The molecule has 0 saturated carbocycles. The van der Waals surface area contributed by atoms with Crippen LogP contribution in [0, 0.1) is 22.7 Å². The summed E-state index contributed by atoms with van der Waals surface area (Å²) in [6, 6.07) is 111. The van der Waals surface area contributed by atoms with Crippen molar-refractivity contribution in [3.8, 4) is 56.6 Å². The van der Waals surface area contributed by atoms with Gasteiger partial charge >= 0.3 is 0 Å². The predicted octanol–water partition coefficient (Wildman–Crippen LogP) is 24.5. The lowest BCUT2D eigenvalue weighted by Crippen LogP contribution is -2.30. The Morgan fingerprint density at radius 3 is 0.520 bits per heavy atom. The number of nitrogens with zero attached hydrogens (tertiary/aromatic N) is 6. The molecular weight excluding hydrogens is 1190 g/mol. The molecule has 98 heavy (non-hydrogen) atoms. The molecule has 0 radical (unpaired) electrons. The number of hydrogen-bond donors (Lipinski definition) is 0. The van der Waals surface area contributed by atoms with E-state index in [0.717, 1.165) is 102 Å². The average Bonchev–Trinajstić information content (AvgIpc) is 0.748. The Morgan fingerprint density at radius 1 is 0.204 bits per heavy atom. The third kappa shape index (κ3) is 8.84. The summed E-state index contributed by atoms with van der Waals surface area (Å²) in [4.78, 5) is 9.51. The van der Waals surface area contributed by atoms with E-state index in [-0.39, 0.29) is 21.7 Å². The second-order valence-corrected chi connectivity index (χ2v) is 28.6. The number of fused-ring (bicyclic) bond motifs is 8. The highest BCUT2D eigenvalue weighted by atomic mass is 15.2. The molecule has 17 rings (SSSR count). The van der Waals surface area contributed by atoms with E-state index in [4.69, 9.17) is 0 Å². The van der Waals surface area contributed by atoms with Gasteiger partial charge in [-0.2, -0.15) is 10.5 Å². The fourth-order valence-electron chi connectivity index (χ4n) is 17.0. The SMILES string of the molecule is CC1(C)c2ccccc2N(c2ccc(-c3c(C#N)c(C#N)c(-c4ccc(N5c6ccccc6C(C)(C)c6ccccc65)cc4)c(-c4ccc(N5c6ccccc6C(C)(C)c6ccccc65)cc4)c3-c3ccc(N4c5ccccc5C(C)(C)c5ccccc54)cc3)cc2)c2ccccc21. The van der Waals surface area contributed by atoms with Gasteiger partial charge in [-0.05, 0) is 175 Å². The summed E-state index contributed by atoms with van der Waals surface area (Å²) in [5.41, 5.74) is 29.1. The topological polar surface area (TPSA) is 60.5 Å². The first-order chi connectivity index (χ1) is 47.6. The Hall–Kier alpha value is -12.0. The van der Waals surface area contributed by atoms with Crippen LogP contribution in [-0.4, -0.2) is 0 Å². The van der Waals surface area contributed by atoms with E-state index in [1.807, 2.05) is 0 Å². The van der Waals surface area contributed by atoms with Crippen molar-refractivity contribution in [3.63, 3.8) is 0 Å². The zero-order chi connectivity index (χ0) is 67.0. The molecule has 4 heterocycles. The Bertz CT molecular complexity index is 4940. The van der Waals surface area contributed by atoms with Gasteiger partial charge in [0.05, 0.1) is 56.6 Å². The highest BCUT2D eigenvalue weighted by Crippen LogP contribution is 2.59. The minimum atomic E-state index is -0.238. The molecule has 0 N–H and O–H groups in total. The lowest BCUT2D eigenvalue weighted by atomic mass is 9.73. The lowest BCUT2D eigenvalue weighted by molar-refractivity contribution is 0.632. The quantitative estimate of drug-likeness (QED) is 0.151. The van der Waals surface area contributed by atoms with Crippen molar-refractivity contribution >= 4 is 68.2 Å². The minimum absolute atomic E-state index is 0.237. The Labute approximate surface area is 575 Å². The van der Waals surface area contributed by atoms with Gasteiger partial charge in [-0.1, -0.05) is 250 Å². The van der Waals surface area contributed by atoms with Crippen molar-refractivity contribution in [1.82, 2.24) is 0 Å². The monoisotopic (exact) mass is 1260 g/mol. The molecule has 0 amide bonds. The first kappa shape index (κ1) is 59.8. The van der Waals surface area contributed by atoms with Crippen LogP contribution in [-0.2, 0) is 21.7 Å². The molecule has 0 aromatic heterocycles. The van der Waals surface area contributed by atoms with Gasteiger partial charge in [0.2, 0.25) is 0 Å². The summed E-state index contributed by atoms with van der Waals surface area (Å²) in [5, 5.41) is 24.3. The minimum Gasteiger partial charge on any atom is -0.310 e. The van der Waals surface area contributed by atoms with E-state index in [2.05, 4.69) is 378 Å². The maximum Gasteiger partial charge on any atom is 0.101 e. The van der Waals surface area contributed by atoms with Gasteiger partial charge in [-0.25, -0.2) is 0 Å². The van der Waals surface area contributed by atoms with Crippen molar-refractivity contribution in [3.05, 3.63) is 347 Å². The first-order valence-electron chi connectivity index (χ1n) is 34.0. The van der Waals surface area contributed by atoms with Crippen LogP contribution >= 0.6 is 0 Å².